The molecule has 7 heteroatoms. The quantitative estimate of drug-likeness (QED) is 0.0902. The molecule has 3 unspecified atom stereocenters. The molecule has 0 aromatic carbocycles. The predicted molar refractivity (Wildman–Crippen MR) is 147 cm³/mol. The molecule has 37 heavy (non-hydrogen) atoms. The lowest BCUT2D eigenvalue weighted by atomic mass is 10.0. The van der Waals surface area contributed by atoms with E-state index < -0.39 is 35.7 Å². The number of unbranched alkanes of at least 4 members (excludes halogenated alkanes) is 12. The Morgan fingerprint density at radius 3 is 1.43 bits per heavy atom. The number of hydrogen-bond donors (Lipinski definition) is 2. The molecular formula is C30H55NO6. The first-order valence-electron chi connectivity index (χ1n) is 14.7. The highest BCUT2D eigenvalue weighted by atomic mass is 16.4. The van der Waals surface area contributed by atoms with E-state index in [9.17, 15) is 29.7 Å². The van der Waals surface area contributed by atoms with Crippen LogP contribution in [-0.2, 0) is 14.4 Å². The second-order valence-electron chi connectivity index (χ2n) is 11.2. The summed E-state index contributed by atoms with van der Waals surface area (Å²) in [5.74, 6) is -5.27. The minimum absolute atomic E-state index is 0.175. The number of allylic oxidation sites excluding steroid dienone is 2. The van der Waals surface area contributed by atoms with Crippen molar-refractivity contribution in [2.75, 3.05) is 26.2 Å². The molecule has 0 aromatic heterocycles. The summed E-state index contributed by atoms with van der Waals surface area (Å²) in [4.78, 5) is 34.6. The summed E-state index contributed by atoms with van der Waals surface area (Å²) in [6.45, 7) is 8.18. The Morgan fingerprint density at radius 1 is 0.649 bits per heavy atom. The van der Waals surface area contributed by atoms with Crippen LogP contribution in [0.3, 0.4) is 0 Å². The molecule has 0 radical (unpaired) electrons. The molecule has 0 heterocycles. The standard InChI is InChI=1S/C30H55NO6/c1-5-6-7-8-9-10-11-12-13-14-15-16-17-18-19-20-21-31(22-25(2)28(32)33,23-26(3)29(34)35)24-27(4)30(36)37/h14-15,25-27H,5-13,16-24H2,1-4H3,(H2-,32,33,34,35,36,37)/b15-14+. The van der Waals surface area contributed by atoms with E-state index in [1.54, 1.807) is 20.8 Å². The maximum atomic E-state index is 11.6. The van der Waals surface area contributed by atoms with Gasteiger partial charge in [-0.05, 0) is 52.4 Å². The Bertz CT molecular complexity index is 607. The van der Waals surface area contributed by atoms with E-state index in [4.69, 9.17) is 0 Å². The number of carboxylic acid groups (broad SMARTS) is 3. The van der Waals surface area contributed by atoms with Gasteiger partial charge in [-0.25, -0.2) is 0 Å². The fraction of sp³-hybridized carbons (Fsp3) is 0.833. The van der Waals surface area contributed by atoms with E-state index in [0.717, 1.165) is 38.5 Å². The number of carboxylic acids is 3. The number of carbonyl (C=O) groups is 3. The molecule has 0 fully saturated rings. The number of rotatable bonds is 25. The highest BCUT2D eigenvalue weighted by Gasteiger charge is 2.36. The fourth-order valence-corrected chi connectivity index (χ4v) is 5.17. The lowest BCUT2D eigenvalue weighted by Crippen LogP contribution is -2.58. The number of quaternary nitrogens is 1. The van der Waals surface area contributed by atoms with Crippen molar-refractivity contribution in [2.24, 2.45) is 17.8 Å². The third kappa shape index (κ3) is 18.1. The molecule has 0 amide bonds. The Hall–Kier alpha value is -1.89. The fourth-order valence-electron chi connectivity index (χ4n) is 5.17. The van der Waals surface area contributed by atoms with Gasteiger partial charge in [-0.3, -0.25) is 9.59 Å². The molecule has 0 aliphatic carbocycles. The van der Waals surface area contributed by atoms with Gasteiger partial charge in [0.2, 0.25) is 0 Å². The number of aliphatic carboxylic acids is 3. The highest BCUT2D eigenvalue weighted by molar-refractivity contribution is 5.70. The Labute approximate surface area is 225 Å². The summed E-state index contributed by atoms with van der Waals surface area (Å²) < 4.78 is 0.175. The molecular weight excluding hydrogens is 470 g/mol. The van der Waals surface area contributed by atoms with Crippen LogP contribution in [0.25, 0.3) is 0 Å². The van der Waals surface area contributed by atoms with Crippen molar-refractivity contribution in [2.45, 2.75) is 118 Å². The van der Waals surface area contributed by atoms with E-state index in [1.807, 2.05) is 0 Å². The van der Waals surface area contributed by atoms with Gasteiger partial charge in [-0.15, -0.1) is 0 Å². The predicted octanol–water partition coefficient (Wildman–Crippen LogP) is 5.67. The number of hydrogen-bond acceptors (Lipinski definition) is 4. The van der Waals surface area contributed by atoms with Crippen molar-refractivity contribution in [3.63, 3.8) is 0 Å². The summed E-state index contributed by atoms with van der Waals surface area (Å²) in [5.41, 5.74) is 0. The summed E-state index contributed by atoms with van der Waals surface area (Å²) in [5, 5.41) is 30.4. The van der Waals surface area contributed by atoms with E-state index in [2.05, 4.69) is 19.1 Å². The van der Waals surface area contributed by atoms with Crippen molar-refractivity contribution < 1.29 is 34.2 Å². The molecule has 0 rings (SSSR count). The third-order valence-electron chi connectivity index (χ3n) is 7.37. The molecule has 0 saturated carbocycles. The Balaban J connectivity index is 4.56. The molecule has 7 nitrogen and oxygen atoms in total. The second-order valence-corrected chi connectivity index (χ2v) is 11.2. The van der Waals surface area contributed by atoms with Gasteiger partial charge in [0.05, 0.1) is 26.2 Å². The van der Waals surface area contributed by atoms with Crippen LogP contribution < -0.4 is 5.11 Å². The molecule has 216 valence electrons. The van der Waals surface area contributed by atoms with Gasteiger partial charge in [-0.1, -0.05) is 77.4 Å². The van der Waals surface area contributed by atoms with Gasteiger partial charge >= 0.3 is 11.9 Å². The van der Waals surface area contributed by atoms with Gasteiger partial charge in [0.25, 0.3) is 0 Å². The zero-order valence-corrected chi connectivity index (χ0v) is 24.1. The van der Waals surface area contributed by atoms with Crippen LogP contribution in [0, 0.1) is 17.8 Å². The van der Waals surface area contributed by atoms with Crippen LogP contribution >= 0.6 is 0 Å². The molecule has 3 atom stereocenters. The summed E-state index contributed by atoms with van der Waals surface area (Å²) in [6, 6.07) is 0. The summed E-state index contributed by atoms with van der Waals surface area (Å²) in [6.07, 6.45) is 21.3. The first kappa shape index (κ1) is 35.1. The van der Waals surface area contributed by atoms with Gasteiger partial charge < -0.3 is 24.6 Å². The van der Waals surface area contributed by atoms with E-state index in [-0.39, 0.29) is 24.1 Å². The first-order chi connectivity index (χ1) is 17.5. The van der Waals surface area contributed by atoms with Crippen LogP contribution in [0.4, 0.5) is 0 Å². The van der Waals surface area contributed by atoms with Crippen molar-refractivity contribution >= 4 is 17.9 Å². The first-order valence-corrected chi connectivity index (χ1v) is 14.7. The molecule has 0 spiro atoms. The Kier molecular flexibility index (Phi) is 20.0. The van der Waals surface area contributed by atoms with Crippen LogP contribution in [0.15, 0.2) is 12.2 Å². The smallest absolute Gasteiger partial charge is 0.311 e. The van der Waals surface area contributed by atoms with E-state index >= 15 is 0 Å². The summed E-state index contributed by atoms with van der Waals surface area (Å²) >= 11 is 0. The highest BCUT2D eigenvalue weighted by Crippen LogP contribution is 2.22. The van der Waals surface area contributed by atoms with Gasteiger partial charge in [0.1, 0.15) is 11.8 Å². The second kappa shape index (κ2) is 21.1. The van der Waals surface area contributed by atoms with Crippen molar-refractivity contribution in [3.8, 4) is 0 Å². The van der Waals surface area contributed by atoms with Crippen LogP contribution in [0.1, 0.15) is 118 Å². The van der Waals surface area contributed by atoms with Crippen molar-refractivity contribution in [3.05, 3.63) is 12.2 Å². The summed E-state index contributed by atoms with van der Waals surface area (Å²) in [7, 11) is 0. The maximum Gasteiger partial charge on any atom is 0.311 e. The maximum absolute atomic E-state index is 11.6. The molecule has 0 aliphatic heterocycles. The van der Waals surface area contributed by atoms with Crippen molar-refractivity contribution in [1.29, 1.82) is 0 Å². The number of carbonyl (C=O) groups excluding carboxylic acids is 1. The number of nitrogens with zero attached hydrogens (tertiary/aromatic N) is 1. The largest absolute Gasteiger partial charge is 0.550 e. The molecule has 2 N–H and O–H groups in total. The van der Waals surface area contributed by atoms with Crippen LogP contribution in [-0.4, -0.2) is 58.8 Å². The SMILES string of the molecule is CCCCCCCCCC/C=C/CCCCCC[N+](CC(C)C(=O)[O-])(CC(C)C(=O)O)CC(C)C(=O)O. The monoisotopic (exact) mass is 525 g/mol. The molecule has 0 bridgehead atoms. The van der Waals surface area contributed by atoms with Crippen molar-refractivity contribution in [1.82, 2.24) is 0 Å². The molecule has 0 saturated heterocycles. The molecule has 0 aromatic rings. The topological polar surface area (TPSA) is 115 Å². The van der Waals surface area contributed by atoms with Gasteiger partial charge in [-0.2, -0.15) is 0 Å². The normalized spacial score (nSPS) is 15.8. The average Bonchev–Trinajstić information content (AvgIpc) is 2.83. The lowest BCUT2D eigenvalue weighted by Gasteiger charge is -2.43. The zero-order valence-electron chi connectivity index (χ0n) is 24.1. The van der Waals surface area contributed by atoms with Crippen LogP contribution in [0.2, 0.25) is 0 Å². The van der Waals surface area contributed by atoms with Gasteiger partial charge in [0, 0.05) is 11.9 Å². The zero-order chi connectivity index (χ0) is 28.1. The van der Waals surface area contributed by atoms with E-state index in [0.29, 0.717) is 6.54 Å². The van der Waals surface area contributed by atoms with E-state index in [1.165, 1.54) is 51.4 Å². The van der Waals surface area contributed by atoms with Crippen LogP contribution in [0.5, 0.6) is 0 Å². The Morgan fingerprint density at radius 2 is 1.03 bits per heavy atom. The van der Waals surface area contributed by atoms with Gasteiger partial charge in [0.15, 0.2) is 0 Å². The minimum Gasteiger partial charge on any atom is -0.550 e. The third-order valence-corrected chi connectivity index (χ3v) is 7.37. The average molecular weight is 526 g/mol. The minimum atomic E-state index is -1.19. The lowest BCUT2D eigenvalue weighted by molar-refractivity contribution is -0.934. The molecule has 0 aliphatic rings.